The Balaban J connectivity index is 2.89. The van der Waals surface area contributed by atoms with Gasteiger partial charge in [-0.05, 0) is 23.8 Å². The van der Waals surface area contributed by atoms with Crippen LogP contribution < -0.4 is 10.2 Å². The van der Waals surface area contributed by atoms with Crippen molar-refractivity contribution in [3.63, 3.8) is 0 Å². The molecule has 0 spiro atoms. The van der Waals surface area contributed by atoms with Crippen molar-refractivity contribution >= 4 is 17.7 Å². The predicted molar refractivity (Wildman–Crippen MR) is 77.6 cm³/mol. The third-order valence-electron chi connectivity index (χ3n) is 2.49. The molecule has 0 aromatic heterocycles. The second kappa shape index (κ2) is 7.02. The smallest absolute Gasteiger partial charge is 0.262 e. The van der Waals surface area contributed by atoms with Gasteiger partial charge in [0.15, 0.2) is 0 Å². The molecule has 0 aliphatic heterocycles. The average molecular weight is 255 g/mol. The minimum atomic E-state index is -0.390. The number of nitrogens with zero attached hydrogens (tertiary/aromatic N) is 2. The standard InChI is InChI=1S/C15H17N3O/c1-4-9-17-15(19)13(11-16)10-12-5-7-14(8-6-12)18(2)3/h4-8,10H,1,9H2,2-3H3,(H,17,19)/b13-10+. The van der Waals surface area contributed by atoms with Crippen molar-refractivity contribution in [2.24, 2.45) is 0 Å². The van der Waals surface area contributed by atoms with E-state index in [9.17, 15) is 4.79 Å². The zero-order chi connectivity index (χ0) is 14.3. The van der Waals surface area contributed by atoms with Gasteiger partial charge in [0.25, 0.3) is 5.91 Å². The summed E-state index contributed by atoms with van der Waals surface area (Å²) in [5.74, 6) is -0.390. The van der Waals surface area contributed by atoms with Crippen molar-refractivity contribution in [2.45, 2.75) is 0 Å². The highest BCUT2D eigenvalue weighted by Crippen LogP contribution is 2.14. The average Bonchev–Trinajstić information content (AvgIpc) is 2.42. The molecule has 1 N–H and O–H groups in total. The van der Waals surface area contributed by atoms with E-state index in [0.717, 1.165) is 11.3 Å². The summed E-state index contributed by atoms with van der Waals surface area (Å²) in [6.45, 7) is 3.85. The number of carbonyl (C=O) groups is 1. The molecule has 4 nitrogen and oxygen atoms in total. The van der Waals surface area contributed by atoms with Crippen LogP contribution in [-0.4, -0.2) is 26.5 Å². The second-order valence-electron chi connectivity index (χ2n) is 4.15. The van der Waals surface area contributed by atoms with Gasteiger partial charge in [-0.15, -0.1) is 6.58 Å². The first kappa shape index (κ1) is 14.5. The topological polar surface area (TPSA) is 56.1 Å². The molecule has 1 rings (SSSR count). The first-order valence-corrected chi connectivity index (χ1v) is 5.86. The van der Waals surface area contributed by atoms with Crippen molar-refractivity contribution in [3.8, 4) is 6.07 Å². The number of rotatable bonds is 5. The fraction of sp³-hybridized carbons (Fsp3) is 0.200. The van der Waals surface area contributed by atoms with Crippen molar-refractivity contribution in [3.05, 3.63) is 48.1 Å². The lowest BCUT2D eigenvalue weighted by atomic mass is 10.1. The third-order valence-corrected chi connectivity index (χ3v) is 2.49. The van der Waals surface area contributed by atoms with Crippen LogP contribution in [-0.2, 0) is 4.79 Å². The summed E-state index contributed by atoms with van der Waals surface area (Å²) in [5, 5.41) is 11.6. The van der Waals surface area contributed by atoms with Gasteiger partial charge in [0.05, 0.1) is 0 Å². The van der Waals surface area contributed by atoms with E-state index in [2.05, 4.69) is 11.9 Å². The highest BCUT2D eigenvalue weighted by molar-refractivity contribution is 6.01. The molecule has 0 bridgehead atoms. The summed E-state index contributed by atoms with van der Waals surface area (Å²) >= 11 is 0. The zero-order valence-corrected chi connectivity index (χ0v) is 11.2. The molecule has 0 aliphatic carbocycles. The van der Waals surface area contributed by atoms with Gasteiger partial charge in [0.1, 0.15) is 11.6 Å². The Hall–Kier alpha value is -2.54. The van der Waals surface area contributed by atoms with Gasteiger partial charge in [-0.2, -0.15) is 5.26 Å². The summed E-state index contributed by atoms with van der Waals surface area (Å²) in [6, 6.07) is 9.50. The van der Waals surface area contributed by atoms with Crippen molar-refractivity contribution in [1.29, 1.82) is 5.26 Å². The second-order valence-corrected chi connectivity index (χ2v) is 4.15. The first-order valence-electron chi connectivity index (χ1n) is 5.86. The lowest BCUT2D eigenvalue weighted by Gasteiger charge is -2.11. The van der Waals surface area contributed by atoms with Crippen LogP contribution in [0.5, 0.6) is 0 Å². The van der Waals surface area contributed by atoms with Gasteiger partial charge in [-0.3, -0.25) is 4.79 Å². The summed E-state index contributed by atoms with van der Waals surface area (Å²) in [4.78, 5) is 13.6. The van der Waals surface area contributed by atoms with E-state index in [-0.39, 0.29) is 11.5 Å². The largest absolute Gasteiger partial charge is 0.378 e. The van der Waals surface area contributed by atoms with E-state index >= 15 is 0 Å². The van der Waals surface area contributed by atoms with Crippen molar-refractivity contribution < 1.29 is 4.79 Å². The summed E-state index contributed by atoms with van der Waals surface area (Å²) < 4.78 is 0. The van der Waals surface area contributed by atoms with E-state index in [0.29, 0.717) is 6.54 Å². The van der Waals surface area contributed by atoms with E-state index < -0.39 is 0 Å². The van der Waals surface area contributed by atoms with Gasteiger partial charge in [0, 0.05) is 26.3 Å². The van der Waals surface area contributed by atoms with Crippen LogP contribution >= 0.6 is 0 Å². The van der Waals surface area contributed by atoms with Gasteiger partial charge in [0.2, 0.25) is 0 Å². The Kier molecular flexibility index (Phi) is 5.36. The number of anilines is 1. The highest BCUT2D eigenvalue weighted by Gasteiger charge is 2.07. The molecule has 0 radical (unpaired) electrons. The molecule has 0 atom stereocenters. The minimum Gasteiger partial charge on any atom is -0.378 e. The number of hydrogen-bond donors (Lipinski definition) is 1. The SMILES string of the molecule is C=CCNC(=O)/C(C#N)=C/c1ccc(N(C)C)cc1. The molecular weight excluding hydrogens is 238 g/mol. The van der Waals surface area contributed by atoms with Gasteiger partial charge < -0.3 is 10.2 Å². The van der Waals surface area contributed by atoms with Crippen LogP contribution in [0.1, 0.15) is 5.56 Å². The zero-order valence-electron chi connectivity index (χ0n) is 11.2. The van der Waals surface area contributed by atoms with E-state index in [1.807, 2.05) is 49.3 Å². The molecule has 4 heteroatoms. The number of benzene rings is 1. The molecule has 0 saturated heterocycles. The monoisotopic (exact) mass is 255 g/mol. The number of amides is 1. The van der Waals surface area contributed by atoms with Crippen LogP contribution in [0.3, 0.4) is 0 Å². The molecule has 0 saturated carbocycles. The molecule has 1 amide bonds. The van der Waals surface area contributed by atoms with E-state index in [1.54, 1.807) is 12.2 Å². The molecule has 0 unspecified atom stereocenters. The van der Waals surface area contributed by atoms with Crippen molar-refractivity contribution in [2.75, 3.05) is 25.5 Å². The lowest BCUT2D eigenvalue weighted by Crippen LogP contribution is -2.24. The maximum Gasteiger partial charge on any atom is 0.262 e. The van der Waals surface area contributed by atoms with E-state index in [1.165, 1.54) is 0 Å². The maximum absolute atomic E-state index is 11.7. The fourth-order valence-electron chi connectivity index (χ4n) is 1.44. The van der Waals surface area contributed by atoms with E-state index in [4.69, 9.17) is 5.26 Å². The lowest BCUT2D eigenvalue weighted by molar-refractivity contribution is -0.116. The van der Waals surface area contributed by atoms with Gasteiger partial charge in [-0.25, -0.2) is 0 Å². The van der Waals surface area contributed by atoms with Crippen molar-refractivity contribution in [1.82, 2.24) is 5.32 Å². The fourth-order valence-corrected chi connectivity index (χ4v) is 1.44. The molecular formula is C15H17N3O. The Labute approximate surface area is 113 Å². The molecule has 19 heavy (non-hydrogen) atoms. The Morgan fingerprint density at radius 1 is 1.42 bits per heavy atom. The van der Waals surface area contributed by atoms with Gasteiger partial charge in [-0.1, -0.05) is 18.2 Å². The molecule has 0 heterocycles. The number of nitriles is 1. The summed E-state index contributed by atoms with van der Waals surface area (Å²) in [7, 11) is 3.91. The highest BCUT2D eigenvalue weighted by atomic mass is 16.1. The molecule has 98 valence electrons. The molecule has 1 aromatic rings. The van der Waals surface area contributed by atoms with Crippen LogP contribution in [0.15, 0.2) is 42.5 Å². The summed E-state index contributed by atoms with van der Waals surface area (Å²) in [5.41, 5.74) is 1.96. The maximum atomic E-state index is 11.7. The first-order chi connectivity index (χ1) is 9.08. The number of carbonyl (C=O) groups excluding carboxylic acids is 1. The normalized spacial score (nSPS) is 10.5. The third kappa shape index (κ3) is 4.32. The van der Waals surface area contributed by atoms with Crippen LogP contribution in [0.25, 0.3) is 6.08 Å². The Morgan fingerprint density at radius 2 is 2.05 bits per heavy atom. The number of hydrogen-bond acceptors (Lipinski definition) is 3. The Morgan fingerprint density at radius 3 is 2.53 bits per heavy atom. The molecule has 0 fully saturated rings. The molecule has 0 aliphatic rings. The van der Waals surface area contributed by atoms with Gasteiger partial charge >= 0.3 is 0 Å². The Bertz CT molecular complexity index is 521. The molecule has 1 aromatic carbocycles. The van der Waals surface area contributed by atoms with Crippen LogP contribution in [0, 0.1) is 11.3 Å². The summed E-state index contributed by atoms with van der Waals surface area (Å²) in [6.07, 6.45) is 3.14. The quantitative estimate of drug-likeness (QED) is 0.497. The van der Waals surface area contributed by atoms with Crippen LogP contribution in [0.2, 0.25) is 0 Å². The van der Waals surface area contributed by atoms with Crippen LogP contribution in [0.4, 0.5) is 5.69 Å². The minimum absolute atomic E-state index is 0.0828. The predicted octanol–water partition coefficient (Wildman–Crippen LogP) is 1.96. The number of nitrogens with one attached hydrogen (secondary N) is 1.